The van der Waals surface area contributed by atoms with E-state index in [2.05, 4.69) is 11.2 Å². The first-order valence-corrected chi connectivity index (χ1v) is 6.36. The van der Waals surface area contributed by atoms with Crippen molar-refractivity contribution in [2.24, 2.45) is 0 Å². The number of rotatable bonds is 1. The van der Waals surface area contributed by atoms with Gasteiger partial charge >= 0.3 is 0 Å². The molecule has 92 valence electrons. The fourth-order valence-electron chi connectivity index (χ4n) is 2.80. The number of hydrogen-bond donors (Lipinski definition) is 1. The smallest absolute Gasteiger partial charge is 0.170 e. The molecule has 1 aliphatic carbocycles. The van der Waals surface area contributed by atoms with Gasteiger partial charge in [0.15, 0.2) is 5.69 Å². The highest BCUT2D eigenvalue weighted by Gasteiger charge is 2.27. The molecule has 0 unspecified atom stereocenters. The van der Waals surface area contributed by atoms with Gasteiger partial charge < -0.3 is 5.11 Å². The molecule has 1 N–H and O–H groups in total. The summed E-state index contributed by atoms with van der Waals surface area (Å²) in [4.78, 5) is 0. The van der Waals surface area contributed by atoms with Crippen LogP contribution in [-0.4, -0.2) is 21.0 Å². The molecule has 0 aliphatic heterocycles. The highest BCUT2D eigenvalue weighted by molar-refractivity contribution is 5.84. The van der Waals surface area contributed by atoms with Crippen LogP contribution in [0, 0.1) is 11.3 Å². The lowest BCUT2D eigenvalue weighted by molar-refractivity contribution is 0.0716. The molecule has 0 spiro atoms. The Labute approximate surface area is 105 Å². The second-order valence-corrected chi connectivity index (χ2v) is 4.84. The first-order valence-electron chi connectivity index (χ1n) is 6.36. The lowest BCUT2D eigenvalue weighted by Crippen LogP contribution is -2.28. The third kappa shape index (κ3) is 1.68. The Morgan fingerprint density at radius 2 is 2.06 bits per heavy atom. The second-order valence-electron chi connectivity index (χ2n) is 4.84. The third-order valence-corrected chi connectivity index (χ3v) is 3.73. The number of aliphatic hydroxyl groups excluding tert-OH is 1. The van der Waals surface area contributed by atoms with Crippen LogP contribution in [0.3, 0.4) is 0 Å². The SMILES string of the molecule is N#Cc1nn([C@H]2CCCC[C@H]2O)c2ccccc12. The van der Waals surface area contributed by atoms with Crippen LogP contribution in [0.15, 0.2) is 24.3 Å². The Balaban J connectivity index is 2.14. The van der Waals surface area contributed by atoms with Gasteiger partial charge in [-0.25, -0.2) is 0 Å². The van der Waals surface area contributed by atoms with Crippen molar-refractivity contribution in [3.63, 3.8) is 0 Å². The molecule has 2 atom stereocenters. The molecule has 0 bridgehead atoms. The van der Waals surface area contributed by atoms with Crippen molar-refractivity contribution < 1.29 is 5.11 Å². The van der Waals surface area contributed by atoms with Crippen LogP contribution in [0.2, 0.25) is 0 Å². The van der Waals surface area contributed by atoms with E-state index in [1.54, 1.807) is 0 Å². The van der Waals surface area contributed by atoms with E-state index < -0.39 is 0 Å². The minimum absolute atomic E-state index is 0.00532. The molecule has 1 heterocycles. The third-order valence-electron chi connectivity index (χ3n) is 3.73. The summed E-state index contributed by atoms with van der Waals surface area (Å²) < 4.78 is 1.84. The molecule has 4 nitrogen and oxygen atoms in total. The number of benzene rings is 1. The van der Waals surface area contributed by atoms with Crippen LogP contribution >= 0.6 is 0 Å². The van der Waals surface area contributed by atoms with E-state index in [9.17, 15) is 5.11 Å². The van der Waals surface area contributed by atoms with Gasteiger partial charge in [-0.15, -0.1) is 0 Å². The summed E-state index contributed by atoms with van der Waals surface area (Å²) in [6, 6.07) is 9.86. The van der Waals surface area contributed by atoms with Crippen molar-refractivity contribution in [2.45, 2.75) is 37.8 Å². The lowest BCUT2D eigenvalue weighted by Gasteiger charge is -2.28. The summed E-state index contributed by atoms with van der Waals surface area (Å²) in [5.41, 5.74) is 1.39. The van der Waals surface area contributed by atoms with E-state index in [1.807, 2.05) is 28.9 Å². The summed E-state index contributed by atoms with van der Waals surface area (Å²) in [5.74, 6) is 0. The van der Waals surface area contributed by atoms with Crippen LogP contribution in [0.1, 0.15) is 37.4 Å². The first kappa shape index (κ1) is 11.2. The van der Waals surface area contributed by atoms with Gasteiger partial charge in [-0.3, -0.25) is 4.68 Å². The lowest BCUT2D eigenvalue weighted by atomic mass is 9.92. The van der Waals surface area contributed by atoms with Crippen LogP contribution in [0.5, 0.6) is 0 Å². The number of para-hydroxylation sites is 1. The quantitative estimate of drug-likeness (QED) is 0.833. The zero-order valence-corrected chi connectivity index (χ0v) is 10.1. The molecule has 0 radical (unpaired) electrons. The van der Waals surface area contributed by atoms with E-state index in [1.165, 1.54) is 0 Å². The van der Waals surface area contributed by atoms with Gasteiger partial charge in [0, 0.05) is 5.39 Å². The molecule has 1 aromatic heterocycles. The second kappa shape index (κ2) is 4.43. The Kier molecular flexibility index (Phi) is 2.77. The zero-order valence-electron chi connectivity index (χ0n) is 10.1. The van der Waals surface area contributed by atoms with Crippen molar-refractivity contribution in [3.8, 4) is 6.07 Å². The van der Waals surface area contributed by atoms with Gasteiger partial charge in [0.1, 0.15) is 6.07 Å². The fourth-order valence-corrected chi connectivity index (χ4v) is 2.80. The van der Waals surface area contributed by atoms with Crippen LogP contribution in [-0.2, 0) is 0 Å². The maximum absolute atomic E-state index is 10.1. The van der Waals surface area contributed by atoms with Crippen molar-refractivity contribution in [3.05, 3.63) is 30.0 Å². The molecule has 1 aliphatic rings. The fraction of sp³-hybridized carbons (Fsp3) is 0.429. The standard InChI is InChI=1S/C14H15N3O/c15-9-11-10-5-1-2-6-12(10)17(16-11)13-7-3-4-8-14(13)18/h1-2,5-6,13-14,18H,3-4,7-8H2/t13-,14+/m0/s1. The molecular formula is C14H15N3O. The predicted molar refractivity (Wildman–Crippen MR) is 68.0 cm³/mol. The Bertz CT molecular complexity index is 611. The van der Waals surface area contributed by atoms with Gasteiger partial charge in [0.05, 0.1) is 17.7 Å². The van der Waals surface area contributed by atoms with Gasteiger partial charge in [0.2, 0.25) is 0 Å². The molecular weight excluding hydrogens is 226 g/mol. The molecule has 1 aromatic carbocycles. The number of aromatic nitrogens is 2. The molecule has 1 fully saturated rings. The van der Waals surface area contributed by atoms with E-state index in [-0.39, 0.29) is 12.1 Å². The Morgan fingerprint density at radius 1 is 1.28 bits per heavy atom. The van der Waals surface area contributed by atoms with Crippen molar-refractivity contribution >= 4 is 10.9 Å². The van der Waals surface area contributed by atoms with E-state index in [0.29, 0.717) is 5.69 Å². The highest BCUT2D eigenvalue weighted by Crippen LogP contribution is 2.31. The monoisotopic (exact) mass is 241 g/mol. The zero-order chi connectivity index (χ0) is 12.5. The number of hydrogen-bond acceptors (Lipinski definition) is 3. The molecule has 3 rings (SSSR count). The van der Waals surface area contributed by atoms with Crippen molar-refractivity contribution in [2.75, 3.05) is 0 Å². The number of aliphatic hydroxyl groups is 1. The number of nitriles is 1. The van der Waals surface area contributed by atoms with Gasteiger partial charge in [-0.05, 0) is 25.0 Å². The number of fused-ring (bicyclic) bond motifs is 1. The normalized spacial score (nSPS) is 24.0. The minimum atomic E-state index is -0.353. The first-order chi connectivity index (χ1) is 8.81. The maximum atomic E-state index is 10.1. The predicted octanol–water partition coefficient (Wildman–Crippen LogP) is 2.38. The molecule has 0 amide bonds. The van der Waals surface area contributed by atoms with Crippen LogP contribution in [0.25, 0.3) is 10.9 Å². The summed E-state index contributed by atoms with van der Waals surface area (Å²) >= 11 is 0. The maximum Gasteiger partial charge on any atom is 0.170 e. The van der Waals surface area contributed by atoms with Gasteiger partial charge in [-0.2, -0.15) is 10.4 Å². The van der Waals surface area contributed by atoms with E-state index in [0.717, 1.165) is 36.6 Å². The van der Waals surface area contributed by atoms with E-state index >= 15 is 0 Å². The van der Waals surface area contributed by atoms with Gasteiger partial charge in [0.25, 0.3) is 0 Å². The topological polar surface area (TPSA) is 61.8 Å². The molecule has 1 saturated carbocycles. The van der Waals surface area contributed by atoms with Crippen LogP contribution < -0.4 is 0 Å². The molecule has 4 heteroatoms. The summed E-state index contributed by atoms with van der Waals surface area (Å²) in [6.45, 7) is 0. The van der Waals surface area contributed by atoms with Crippen molar-refractivity contribution in [1.82, 2.24) is 9.78 Å². The Hall–Kier alpha value is -1.86. The van der Waals surface area contributed by atoms with E-state index in [4.69, 9.17) is 5.26 Å². The summed E-state index contributed by atoms with van der Waals surface area (Å²) in [5, 5.41) is 24.5. The highest BCUT2D eigenvalue weighted by atomic mass is 16.3. The molecule has 2 aromatic rings. The average Bonchev–Trinajstić information content (AvgIpc) is 2.78. The summed E-state index contributed by atoms with van der Waals surface area (Å²) in [7, 11) is 0. The average molecular weight is 241 g/mol. The number of nitrogens with zero attached hydrogens (tertiary/aromatic N) is 3. The summed E-state index contributed by atoms with van der Waals surface area (Å²) in [6.07, 6.45) is 3.58. The van der Waals surface area contributed by atoms with Crippen LogP contribution in [0.4, 0.5) is 0 Å². The Morgan fingerprint density at radius 3 is 2.83 bits per heavy atom. The minimum Gasteiger partial charge on any atom is -0.391 e. The van der Waals surface area contributed by atoms with Crippen molar-refractivity contribution in [1.29, 1.82) is 5.26 Å². The van der Waals surface area contributed by atoms with Gasteiger partial charge in [-0.1, -0.05) is 25.0 Å². The molecule has 18 heavy (non-hydrogen) atoms. The molecule has 0 saturated heterocycles. The largest absolute Gasteiger partial charge is 0.391 e.